The number of aryl methyl sites for hydroxylation is 1. The molecule has 0 aliphatic heterocycles. The predicted molar refractivity (Wildman–Crippen MR) is 160 cm³/mol. The molecule has 1 N–H and O–H groups in total. The molecule has 214 valence electrons. The highest BCUT2D eigenvalue weighted by molar-refractivity contribution is 7.89. The lowest BCUT2D eigenvalue weighted by Gasteiger charge is -2.33. The van der Waals surface area contributed by atoms with Gasteiger partial charge in [0.2, 0.25) is 21.8 Å². The lowest BCUT2D eigenvalue weighted by molar-refractivity contribution is -0.141. The Morgan fingerprint density at radius 3 is 2.20 bits per heavy atom. The van der Waals surface area contributed by atoms with Crippen molar-refractivity contribution in [2.24, 2.45) is 5.92 Å². The summed E-state index contributed by atoms with van der Waals surface area (Å²) in [7, 11) is -2.60. The summed E-state index contributed by atoms with van der Waals surface area (Å²) < 4.78 is 27.5. The van der Waals surface area contributed by atoms with E-state index >= 15 is 0 Å². The summed E-state index contributed by atoms with van der Waals surface area (Å²) in [6.07, 6.45) is 0.232. The molecule has 1 atom stereocenters. The second-order valence-electron chi connectivity index (χ2n) is 10.2. The molecule has 0 fully saturated rings. The van der Waals surface area contributed by atoms with E-state index in [1.54, 1.807) is 30.3 Å². The van der Waals surface area contributed by atoms with Gasteiger partial charge >= 0.3 is 0 Å². The predicted octanol–water partition coefficient (Wildman–Crippen LogP) is 5.33. The van der Waals surface area contributed by atoms with Crippen LogP contribution < -0.4 is 5.32 Å². The molecule has 2 amide bonds. The van der Waals surface area contributed by atoms with Gasteiger partial charge in [0, 0.05) is 36.6 Å². The van der Waals surface area contributed by atoms with Gasteiger partial charge in [-0.15, -0.1) is 0 Å². The van der Waals surface area contributed by atoms with Crippen LogP contribution in [0.5, 0.6) is 0 Å². The standard InChI is InChI=1S/C30H35Cl2N3O4S/c1-21(2)18-33-30(37)28(16-23-8-6-5-7-9-23)35(19-24-12-13-25(31)17-27(24)32)29(36)20-34(4)40(38,39)26-14-10-22(3)11-15-26/h5-15,17,21,28H,16,18-20H2,1-4H3,(H,33,37)/t28-/m1/s1. The minimum atomic E-state index is -3.96. The lowest BCUT2D eigenvalue weighted by atomic mass is 10.0. The molecule has 10 heteroatoms. The molecule has 0 heterocycles. The summed E-state index contributed by atoms with van der Waals surface area (Å²) >= 11 is 12.6. The third kappa shape index (κ3) is 8.54. The van der Waals surface area contributed by atoms with E-state index in [0.29, 0.717) is 22.2 Å². The maximum Gasteiger partial charge on any atom is 0.243 e. The number of likely N-dealkylation sites (N-methyl/N-ethyl adjacent to an activating group) is 1. The Bertz CT molecular complexity index is 1410. The summed E-state index contributed by atoms with van der Waals surface area (Å²) in [6.45, 7) is 5.77. The smallest absolute Gasteiger partial charge is 0.243 e. The van der Waals surface area contributed by atoms with E-state index in [1.165, 1.54) is 24.1 Å². The van der Waals surface area contributed by atoms with Crippen LogP contribution in [0.1, 0.15) is 30.5 Å². The summed E-state index contributed by atoms with van der Waals surface area (Å²) in [5.74, 6) is -0.674. The molecule has 0 spiro atoms. The average Bonchev–Trinajstić information content (AvgIpc) is 2.91. The van der Waals surface area contributed by atoms with Gasteiger partial charge in [-0.2, -0.15) is 4.31 Å². The van der Waals surface area contributed by atoms with E-state index in [0.717, 1.165) is 15.4 Å². The molecule has 40 heavy (non-hydrogen) atoms. The Balaban J connectivity index is 1.99. The van der Waals surface area contributed by atoms with Gasteiger partial charge in [-0.05, 0) is 48.2 Å². The Morgan fingerprint density at radius 2 is 1.60 bits per heavy atom. The summed E-state index contributed by atoms with van der Waals surface area (Å²) in [6, 6.07) is 19.8. The second-order valence-corrected chi connectivity index (χ2v) is 13.1. The van der Waals surface area contributed by atoms with Crippen molar-refractivity contribution in [1.82, 2.24) is 14.5 Å². The van der Waals surface area contributed by atoms with Gasteiger partial charge in [0.1, 0.15) is 6.04 Å². The molecule has 3 rings (SSSR count). The summed E-state index contributed by atoms with van der Waals surface area (Å²) in [5, 5.41) is 3.72. The number of amides is 2. The van der Waals surface area contributed by atoms with Crippen LogP contribution in [0.4, 0.5) is 0 Å². The first-order valence-electron chi connectivity index (χ1n) is 13.0. The van der Waals surface area contributed by atoms with E-state index < -0.39 is 28.5 Å². The fourth-order valence-electron chi connectivity index (χ4n) is 4.07. The maximum atomic E-state index is 13.9. The first-order chi connectivity index (χ1) is 18.9. The zero-order valence-corrected chi connectivity index (χ0v) is 25.4. The van der Waals surface area contributed by atoms with Crippen molar-refractivity contribution in [2.75, 3.05) is 20.1 Å². The van der Waals surface area contributed by atoms with Crippen molar-refractivity contribution >= 4 is 45.0 Å². The molecule has 3 aromatic rings. The van der Waals surface area contributed by atoms with Crippen LogP contribution in [0.25, 0.3) is 0 Å². The van der Waals surface area contributed by atoms with Crippen LogP contribution in [0, 0.1) is 12.8 Å². The molecule has 0 aliphatic carbocycles. The number of carbonyl (C=O) groups is 2. The van der Waals surface area contributed by atoms with Gasteiger partial charge < -0.3 is 10.2 Å². The van der Waals surface area contributed by atoms with Crippen molar-refractivity contribution < 1.29 is 18.0 Å². The van der Waals surface area contributed by atoms with E-state index in [1.807, 2.05) is 51.1 Å². The van der Waals surface area contributed by atoms with E-state index in [-0.39, 0.29) is 29.7 Å². The van der Waals surface area contributed by atoms with Gasteiger partial charge in [0.15, 0.2) is 0 Å². The minimum absolute atomic E-state index is 0.0140. The van der Waals surface area contributed by atoms with Crippen LogP contribution in [0.2, 0.25) is 10.0 Å². The van der Waals surface area contributed by atoms with Gasteiger partial charge in [0.25, 0.3) is 0 Å². The highest BCUT2D eigenvalue weighted by atomic mass is 35.5. The summed E-state index contributed by atoms with van der Waals surface area (Å²) in [4.78, 5) is 29.0. The van der Waals surface area contributed by atoms with Crippen molar-refractivity contribution in [1.29, 1.82) is 0 Å². The van der Waals surface area contributed by atoms with Crippen molar-refractivity contribution in [3.05, 3.63) is 99.5 Å². The third-order valence-corrected chi connectivity index (χ3v) is 8.80. The van der Waals surface area contributed by atoms with Crippen molar-refractivity contribution in [3.8, 4) is 0 Å². The molecule has 0 saturated carbocycles. The average molecular weight is 605 g/mol. The second kappa shape index (κ2) is 14.1. The number of benzene rings is 3. The first-order valence-corrected chi connectivity index (χ1v) is 15.2. The molecular weight excluding hydrogens is 569 g/mol. The van der Waals surface area contributed by atoms with Gasteiger partial charge in [0.05, 0.1) is 11.4 Å². The molecular formula is C30H35Cl2N3O4S. The fraction of sp³-hybridized carbons (Fsp3) is 0.333. The number of nitrogens with one attached hydrogen (secondary N) is 1. The van der Waals surface area contributed by atoms with Crippen LogP contribution in [-0.2, 0) is 32.6 Å². The minimum Gasteiger partial charge on any atom is -0.354 e. The largest absolute Gasteiger partial charge is 0.354 e. The monoisotopic (exact) mass is 603 g/mol. The topological polar surface area (TPSA) is 86.8 Å². The molecule has 0 aliphatic rings. The molecule has 0 radical (unpaired) electrons. The molecule has 0 saturated heterocycles. The molecule has 0 aromatic heterocycles. The molecule has 7 nitrogen and oxygen atoms in total. The Kier molecular flexibility index (Phi) is 11.2. The van der Waals surface area contributed by atoms with E-state index in [2.05, 4.69) is 5.32 Å². The number of hydrogen-bond acceptors (Lipinski definition) is 4. The number of rotatable bonds is 12. The molecule has 0 bridgehead atoms. The quantitative estimate of drug-likeness (QED) is 0.303. The Hall–Kier alpha value is -2.91. The Labute approximate surface area is 247 Å². The summed E-state index contributed by atoms with van der Waals surface area (Å²) in [5.41, 5.74) is 2.35. The number of halogens is 2. The number of nitrogens with zero attached hydrogens (tertiary/aromatic N) is 2. The van der Waals surface area contributed by atoms with Gasteiger partial charge in [-0.3, -0.25) is 9.59 Å². The number of carbonyl (C=O) groups excluding carboxylic acids is 2. The normalized spacial score (nSPS) is 12.4. The SMILES string of the molecule is Cc1ccc(S(=O)(=O)N(C)CC(=O)N(Cc2ccc(Cl)cc2Cl)[C@H](Cc2ccccc2)C(=O)NCC(C)C)cc1. The van der Waals surface area contributed by atoms with E-state index in [4.69, 9.17) is 23.2 Å². The molecule has 0 unspecified atom stereocenters. The zero-order chi connectivity index (χ0) is 29.4. The van der Waals surface area contributed by atoms with Crippen LogP contribution in [-0.4, -0.2) is 55.6 Å². The van der Waals surface area contributed by atoms with Gasteiger partial charge in [-0.1, -0.05) is 91.1 Å². The number of hydrogen-bond donors (Lipinski definition) is 1. The zero-order valence-electron chi connectivity index (χ0n) is 23.1. The van der Waals surface area contributed by atoms with Crippen LogP contribution >= 0.6 is 23.2 Å². The van der Waals surface area contributed by atoms with Crippen LogP contribution in [0.3, 0.4) is 0 Å². The third-order valence-electron chi connectivity index (χ3n) is 6.40. The first kappa shape index (κ1) is 31.6. The van der Waals surface area contributed by atoms with Crippen molar-refractivity contribution in [2.45, 2.75) is 44.7 Å². The number of sulfonamides is 1. The molecule has 3 aromatic carbocycles. The fourth-order valence-corrected chi connectivity index (χ4v) is 5.65. The Morgan fingerprint density at radius 1 is 0.950 bits per heavy atom. The highest BCUT2D eigenvalue weighted by Crippen LogP contribution is 2.25. The maximum absolute atomic E-state index is 13.9. The lowest BCUT2D eigenvalue weighted by Crippen LogP contribution is -2.53. The van der Waals surface area contributed by atoms with Crippen molar-refractivity contribution in [3.63, 3.8) is 0 Å². The van der Waals surface area contributed by atoms with Gasteiger partial charge in [-0.25, -0.2) is 8.42 Å². The van der Waals surface area contributed by atoms with E-state index in [9.17, 15) is 18.0 Å². The van der Waals surface area contributed by atoms with Crippen LogP contribution in [0.15, 0.2) is 77.7 Å². The highest BCUT2D eigenvalue weighted by Gasteiger charge is 2.33.